The fourth-order valence-electron chi connectivity index (χ4n) is 2.31. The Morgan fingerprint density at radius 2 is 2.19 bits per heavy atom. The Morgan fingerprint density at radius 3 is 2.86 bits per heavy atom. The largest absolute Gasteiger partial charge is 0.481 e. The average Bonchev–Trinajstić information content (AvgIpc) is 2.42. The molecule has 1 aromatic carbocycles. The molecule has 1 unspecified atom stereocenters. The highest BCUT2D eigenvalue weighted by molar-refractivity contribution is 9.10. The normalized spacial score (nSPS) is 18.3. The molecule has 2 amide bonds. The highest BCUT2D eigenvalue weighted by atomic mass is 79.9. The van der Waals surface area contributed by atoms with Crippen LogP contribution in [0.25, 0.3) is 0 Å². The van der Waals surface area contributed by atoms with Gasteiger partial charge in [-0.05, 0) is 24.6 Å². The number of hydrogen-bond acceptors (Lipinski definition) is 3. The monoisotopic (exact) mass is 354 g/mol. The second kappa shape index (κ2) is 6.26. The number of aryl methyl sites for hydroxylation is 1. The predicted octanol–water partition coefficient (Wildman–Crippen LogP) is 1.17. The minimum atomic E-state index is -1.11. The fourth-order valence-corrected chi connectivity index (χ4v) is 2.67. The van der Waals surface area contributed by atoms with Gasteiger partial charge >= 0.3 is 5.97 Å². The van der Waals surface area contributed by atoms with Crippen molar-refractivity contribution in [1.82, 2.24) is 10.2 Å². The van der Waals surface area contributed by atoms with Crippen LogP contribution < -0.4 is 5.32 Å². The fraction of sp³-hybridized carbons (Fsp3) is 0.357. The topological polar surface area (TPSA) is 86.7 Å². The van der Waals surface area contributed by atoms with E-state index in [4.69, 9.17) is 5.11 Å². The van der Waals surface area contributed by atoms with Gasteiger partial charge in [0.05, 0.1) is 6.42 Å². The average molecular weight is 355 g/mol. The van der Waals surface area contributed by atoms with Gasteiger partial charge in [-0.1, -0.05) is 22.0 Å². The third-order valence-electron chi connectivity index (χ3n) is 3.39. The van der Waals surface area contributed by atoms with Crippen molar-refractivity contribution in [3.05, 3.63) is 33.8 Å². The third-order valence-corrected chi connectivity index (χ3v) is 3.88. The van der Waals surface area contributed by atoms with Crippen molar-refractivity contribution in [3.8, 4) is 0 Å². The van der Waals surface area contributed by atoms with Crippen LogP contribution in [0.4, 0.5) is 0 Å². The van der Waals surface area contributed by atoms with Crippen LogP contribution in [0.3, 0.4) is 0 Å². The highest BCUT2D eigenvalue weighted by Gasteiger charge is 2.35. The van der Waals surface area contributed by atoms with Gasteiger partial charge < -0.3 is 15.3 Å². The Hall–Kier alpha value is -1.89. The van der Waals surface area contributed by atoms with E-state index in [0.29, 0.717) is 18.7 Å². The number of carboxylic acid groups (broad SMARTS) is 1. The van der Waals surface area contributed by atoms with Crippen LogP contribution in [0.15, 0.2) is 22.7 Å². The van der Waals surface area contributed by atoms with E-state index in [2.05, 4.69) is 21.2 Å². The summed E-state index contributed by atoms with van der Waals surface area (Å²) in [6, 6.07) is 4.33. The van der Waals surface area contributed by atoms with Crippen molar-refractivity contribution in [2.75, 3.05) is 13.1 Å². The van der Waals surface area contributed by atoms with E-state index in [-0.39, 0.29) is 5.91 Å². The van der Waals surface area contributed by atoms with E-state index in [1.165, 1.54) is 4.90 Å². The first kappa shape index (κ1) is 15.5. The Bertz CT molecular complexity index is 603. The number of benzene rings is 1. The van der Waals surface area contributed by atoms with Crippen molar-refractivity contribution in [2.24, 2.45) is 0 Å². The van der Waals surface area contributed by atoms with E-state index in [1.807, 2.05) is 6.07 Å². The quantitative estimate of drug-likeness (QED) is 0.852. The summed E-state index contributed by atoms with van der Waals surface area (Å²) in [6.45, 7) is 2.43. The summed E-state index contributed by atoms with van der Waals surface area (Å²) in [6.07, 6.45) is -0.398. The zero-order valence-corrected chi connectivity index (χ0v) is 13.0. The molecule has 112 valence electrons. The number of aliphatic carboxylic acids is 1. The van der Waals surface area contributed by atoms with Gasteiger partial charge in [0, 0.05) is 23.1 Å². The predicted molar refractivity (Wildman–Crippen MR) is 79.0 cm³/mol. The number of carbonyl (C=O) groups is 3. The van der Waals surface area contributed by atoms with Crippen LogP contribution in [-0.2, 0) is 9.59 Å². The van der Waals surface area contributed by atoms with Crippen molar-refractivity contribution >= 4 is 33.7 Å². The molecule has 2 rings (SSSR count). The smallest absolute Gasteiger partial charge is 0.305 e. The second-order valence-corrected chi connectivity index (χ2v) is 5.78. The van der Waals surface area contributed by atoms with Crippen LogP contribution in [0.1, 0.15) is 22.3 Å². The molecule has 0 saturated carbocycles. The zero-order chi connectivity index (χ0) is 15.6. The van der Waals surface area contributed by atoms with Crippen LogP contribution in [0, 0.1) is 6.92 Å². The van der Waals surface area contributed by atoms with Gasteiger partial charge in [-0.25, -0.2) is 0 Å². The number of piperazine rings is 1. The van der Waals surface area contributed by atoms with E-state index < -0.39 is 24.3 Å². The zero-order valence-electron chi connectivity index (χ0n) is 11.4. The summed E-state index contributed by atoms with van der Waals surface area (Å²) < 4.78 is 0.757. The van der Waals surface area contributed by atoms with Gasteiger partial charge in [0.2, 0.25) is 5.91 Å². The highest BCUT2D eigenvalue weighted by Crippen LogP contribution is 2.20. The number of carboxylic acids is 1. The Morgan fingerprint density at radius 1 is 1.48 bits per heavy atom. The van der Waals surface area contributed by atoms with E-state index in [0.717, 1.165) is 10.0 Å². The molecule has 1 atom stereocenters. The van der Waals surface area contributed by atoms with Crippen molar-refractivity contribution in [3.63, 3.8) is 0 Å². The molecule has 7 heteroatoms. The molecule has 1 saturated heterocycles. The second-order valence-electron chi connectivity index (χ2n) is 4.86. The lowest BCUT2D eigenvalue weighted by Gasteiger charge is -2.34. The van der Waals surface area contributed by atoms with Crippen molar-refractivity contribution < 1.29 is 19.5 Å². The summed E-state index contributed by atoms with van der Waals surface area (Å²) in [5, 5.41) is 11.5. The third kappa shape index (κ3) is 3.41. The number of nitrogens with zero attached hydrogens (tertiary/aromatic N) is 1. The van der Waals surface area contributed by atoms with Crippen molar-refractivity contribution in [1.29, 1.82) is 0 Å². The SMILES string of the molecule is Cc1ccc(Br)cc1C(=O)N1CCNC(=O)C1CC(=O)O. The van der Waals surface area contributed by atoms with Gasteiger partial charge in [-0.2, -0.15) is 0 Å². The first-order valence-corrected chi connectivity index (χ1v) is 7.26. The molecule has 2 N–H and O–H groups in total. The van der Waals surface area contributed by atoms with Crippen molar-refractivity contribution in [2.45, 2.75) is 19.4 Å². The molecular weight excluding hydrogens is 340 g/mol. The Kier molecular flexibility index (Phi) is 4.62. The minimum absolute atomic E-state index is 0.300. The van der Waals surface area contributed by atoms with Crippen LogP contribution in [0.5, 0.6) is 0 Å². The number of amides is 2. The van der Waals surface area contributed by atoms with Gasteiger partial charge in [0.25, 0.3) is 5.91 Å². The molecule has 0 bridgehead atoms. The number of rotatable bonds is 3. The molecule has 1 fully saturated rings. The lowest BCUT2D eigenvalue weighted by molar-refractivity contribution is -0.142. The lowest BCUT2D eigenvalue weighted by atomic mass is 10.0. The molecule has 0 aromatic heterocycles. The van der Waals surface area contributed by atoms with Crippen LogP contribution in [-0.4, -0.2) is 46.9 Å². The summed E-state index contributed by atoms with van der Waals surface area (Å²) in [5.41, 5.74) is 1.25. The van der Waals surface area contributed by atoms with Gasteiger partial charge in [-0.15, -0.1) is 0 Å². The molecule has 1 aromatic rings. The van der Waals surface area contributed by atoms with Crippen LogP contribution >= 0.6 is 15.9 Å². The molecule has 0 spiro atoms. The summed E-state index contributed by atoms with van der Waals surface area (Å²) in [4.78, 5) is 36.7. The minimum Gasteiger partial charge on any atom is -0.481 e. The molecule has 21 heavy (non-hydrogen) atoms. The summed E-state index contributed by atoms with van der Waals surface area (Å²) in [7, 11) is 0. The molecular formula is C14H15BrN2O4. The summed E-state index contributed by atoms with van der Waals surface area (Å²) in [5.74, 6) is -1.86. The first-order chi connectivity index (χ1) is 9.90. The molecule has 0 aliphatic carbocycles. The van der Waals surface area contributed by atoms with E-state index in [1.54, 1.807) is 19.1 Å². The summed E-state index contributed by atoms with van der Waals surface area (Å²) >= 11 is 3.31. The number of carbonyl (C=O) groups excluding carboxylic acids is 2. The molecule has 6 nitrogen and oxygen atoms in total. The molecule has 1 aliphatic heterocycles. The standard InChI is InChI=1S/C14H15BrN2O4/c1-8-2-3-9(15)6-10(8)14(21)17-5-4-16-13(20)11(17)7-12(18)19/h2-3,6,11H,4-5,7H2,1H3,(H,16,20)(H,18,19). The van der Waals surface area contributed by atoms with Gasteiger partial charge in [0.1, 0.15) is 6.04 Å². The van der Waals surface area contributed by atoms with E-state index in [9.17, 15) is 14.4 Å². The molecule has 1 heterocycles. The number of nitrogens with one attached hydrogen (secondary N) is 1. The maximum Gasteiger partial charge on any atom is 0.305 e. The Balaban J connectivity index is 2.32. The maximum absolute atomic E-state index is 12.6. The van der Waals surface area contributed by atoms with Crippen LogP contribution in [0.2, 0.25) is 0 Å². The van der Waals surface area contributed by atoms with Gasteiger partial charge in [0.15, 0.2) is 0 Å². The number of hydrogen-bond donors (Lipinski definition) is 2. The van der Waals surface area contributed by atoms with Gasteiger partial charge in [-0.3, -0.25) is 14.4 Å². The first-order valence-electron chi connectivity index (χ1n) is 6.47. The van der Waals surface area contributed by atoms with E-state index >= 15 is 0 Å². The Labute approximate surface area is 130 Å². The number of halogens is 1. The molecule has 0 radical (unpaired) electrons. The lowest BCUT2D eigenvalue weighted by Crippen LogP contribution is -2.57. The molecule has 1 aliphatic rings. The maximum atomic E-state index is 12.6.